The van der Waals surface area contributed by atoms with E-state index in [9.17, 15) is 18.0 Å². The van der Waals surface area contributed by atoms with Crippen molar-refractivity contribution in [1.82, 2.24) is 10.2 Å². The Morgan fingerprint density at radius 3 is 1.96 bits per heavy atom. The summed E-state index contributed by atoms with van der Waals surface area (Å²) >= 11 is 0. The van der Waals surface area contributed by atoms with Crippen molar-refractivity contribution >= 4 is 27.5 Å². The molecule has 0 saturated heterocycles. The third kappa shape index (κ3) is 8.60. The highest BCUT2D eigenvalue weighted by atomic mass is 32.2. The van der Waals surface area contributed by atoms with E-state index in [1.54, 1.807) is 30.3 Å². The van der Waals surface area contributed by atoms with Gasteiger partial charge in [-0.2, -0.15) is 0 Å². The van der Waals surface area contributed by atoms with Gasteiger partial charge in [-0.25, -0.2) is 8.42 Å². The number of aryl methyl sites for hydroxylation is 4. The van der Waals surface area contributed by atoms with E-state index in [2.05, 4.69) is 5.32 Å². The standard InChI is InChI=1S/C37H43N3O4S/c1-6-22-38-37(42)35(24-31-10-8-7-9-11-31)39(25-32-17-12-27(2)13-18-32)36(41)26-40(34-21-16-29(4)23-30(34)5)45(43,44)33-19-14-28(3)15-20-33/h7-21,23,35H,6,22,24-26H2,1-5H3,(H,38,42)/t35-/m0/s1. The van der Waals surface area contributed by atoms with E-state index >= 15 is 0 Å². The van der Waals surface area contributed by atoms with E-state index < -0.39 is 28.5 Å². The fourth-order valence-electron chi connectivity index (χ4n) is 5.25. The second kappa shape index (κ2) is 15.0. The molecule has 0 aliphatic heterocycles. The Bertz CT molecular complexity index is 1700. The lowest BCUT2D eigenvalue weighted by Crippen LogP contribution is -2.53. The summed E-state index contributed by atoms with van der Waals surface area (Å²) in [6.45, 7) is 9.76. The summed E-state index contributed by atoms with van der Waals surface area (Å²) in [5, 5.41) is 2.98. The topological polar surface area (TPSA) is 86.8 Å². The van der Waals surface area contributed by atoms with Gasteiger partial charge in [0.1, 0.15) is 12.6 Å². The van der Waals surface area contributed by atoms with Gasteiger partial charge in [0.15, 0.2) is 0 Å². The van der Waals surface area contributed by atoms with Crippen molar-refractivity contribution < 1.29 is 18.0 Å². The molecular formula is C37H43N3O4S. The van der Waals surface area contributed by atoms with Crippen LogP contribution in [0.25, 0.3) is 0 Å². The maximum Gasteiger partial charge on any atom is 0.264 e. The van der Waals surface area contributed by atoms with Crippen molar-refractivity contribution in [1.29, 1.82) is 0 Å². The van der Waals surface area contributed by atoms with Gasteiger partial charge in [0.2, 0.25) is 11.8 Å². The summed E-state index contributed by atoms with van der Waals surface area (Å²) in [5.41, 5.74) is 5.86. The molecule has 0 aliphatic carbocycles. The minimum Gasteiger partial charge on any atom is -0.354 e. The lowest BCUT2D eigenvalue weighted by Gasteiger charge is -2.34. The molecule has 0 aromatic heterocycles. The first-order chi connectivity index (χ1) is 21.5. The van der Waals surface area contributed by atoms with Crippen molar-refractivity contribution in [2.24, 2.45) is 0 Å². The Morgan fingerprint density at radius 1 is 0.756 bits per heavy atom. The van der Waals surface area contributed by atoms with Crippen molar-refractivity contribution in [3.63, 3.8) is 0 Å². The molecule has 0 unspecified atom stereocenters. The number of carbonyl (C=O) groups is 2. The molecule has 4 aromatic carbocycles. The molecule has 1 atom stereocenters. The number of anilines is 1. The van der Waals surface area contributed by atoms with Gasteiger partial charge in [-0.15, -0.1) is 0 Å². The lowest BCUT2D eigenvalue weighted by molar-refractivity contribution is -0.140. The third-order valence-electron chi connectivity index (χ3n) is 7.80. The zero-order valence-electron chi connectivity index (χ0n) is 26.8. The fourth-order valence-corrected chi connectivity index (χ4v) is 6.72. The number of hydrogen-bond donors (Lipinski definition) is 1. The second-order valence-corrected chi connectivity index (χ2v) is 13.5. The van der Waals surface area contributed by atoms with Gasteiger partial charge in [0.25, 0.3) is 10.0 Å². The van der Waals surface area contributed by atoms with Crippen LogP contribution in [-0.4, -0.2) is 44.3 Å². The van der Waals surface area contributed by atoms with Gasteiger partial charge in [0, 0.05) is 19.5 Å². The number of hydrogen-bond acceptors (Lipinski definition) is 4. The molecule has 0 aliphatic rings. The smallest absolute Gasteiger partial charge is 0.264 e. The Hall–Kier alpha value is -4.43. The van der Waals surface area contributed by atoms with Crippen molar-refractivity contribution in [3.8, 4) is 0 Å². The highest BCUT2D eigenvalue weighted by Crippen LogP contribution is 2.29. The molecule has 0 bridgehead atoms. The molecule has 236 valence electrons. The van der Waals surface area contributed by atoms with Crippen LogP contribution in [0.5, 0.6) is 0 Å². The summed E-state index contributed by atoms with van der Waals surface area (Å²) < 4.78 is 29.7. The van der Waals surface area contributed by atoms with Crippen LogP contribution in [0.1, 0.15) is 46.7 Å². The first-order valence-electron chi connectivity index (χ1n) is 15.3. The molecule has 0 radical (unpaired) electrons. The Balaban J connectivity index is 1.81. The van der Waals surface area contributed by atoms with Crippen molar-refractivity contribution in [2.75, 3.05) is 17.4 Å². The molecule has 4 aromatic rings. The predicted molar refractivity (Wildman–Crippen MR) is 181 cm³/mol. The number of sulfonamides is 1. The largest absolute Gasteiger partial charge is 0.354 e. The van der Waals surface area contributed by atoms with E-state index in [0.717, 1.165) is 39.8 Å². The third-order valence-corrected chi connectivity index (χ3v) is 9.58. The van der Waals surface area contributed by atoms with Crippen LogP contribution in [0.4, 0.5) is 5.69 Å². The molecule has 4 rings (SSSR count). The minimum atomic E-state index is -4.15. The first-order valence-corrected chi connectivity index (χ1v) is 16.8. The van der Waals surface area contributed by atoms with Gasteiger partial charge in [-0.1, -0.05) is 102 Å². The minimum absolute atomic E-state index is 0.0903. The molecule has 8 heteroatoms. The normalized spacial score (nSPS) is 11.9. The molecule has 7 nitrogen and oxygen atoms in total. The number of nitrogens with zero attached hydrogens (tertiary/aromatic N) is 2. The van der Waals surface area contributed by atoms with Crippen LogP contribution in [0, 0.1) is 27.7 Å². The van der Waals surface area contributed by atoms with Crippen LogP contribution >= 0.6 is 0 Å². The maximum atomic E-state index is 14.6. The molecule has 2 amide bonds. The molecule has 0 heterocycles. The van der Waals surface area contributed by atoms with Gasteiger partial charge in [0.05, 0.1) is 10.6 Å². The van der Waals surface area contributed by atoms with E-state index in [1.807, 2.05) is 101 Å². The van der Waals surface area contributed by atoms with Gasteiger partial charge in [-0.3, -0.25) is 13.9 Å². The van der Waals surface area contributed by atoms with Crippen LogP contribution in [-0.2, 0) is 32.6 Å². The summed E-state index contributed by atoms with van der Waals surface area (Å²) in [7, 11) is -4.15. The monoisotopic (exact) mass is 625 g/mol. The van der Waals surface area contributed by atoms with Crippen LogP contribution in [0.15, 0.2) is 102 Å². The van der Waals surface area contributed by atoms with Gasteiger partial charge >= 0.3 is 0 Å². The summed E-state index contributed by atoms with van der Waals surface area (Å²) in [6, 6.07) is 28.6. The Morgan fingerprint density at radius 2 is 1.36 bits per heavy atom. The first kappa shape index (κ1) is 33.5. The van der Waals surface area contributed by atoms with E-state index in [0.29, 0.717) is 12.2 Å². The highest BCUT2D eigenvalue weighted by molar-refractivity contribution is 7.92. The van der Waals surface area contributed by atoms with Crippen LogP contribution in [0.2, 0.25) is 0 Å². The molecule has 1 N–H and O–H groups in total. The van der Waals surface area contributed by atoms with Gasteiger partial charge < -0.3 is 10.2 Å². The van der Waals surface area contributed by atoms with Crippen molar-refractivity contribution in [2.45, 2.75) is 64.9 Å². The van der Waals surface area contributed by atoms with Crippen molar-refractivity contribution in [3.05, 3.63) is 130 Å². The number of benzene rings is 4. The van der Waals surface area contributed by atoms with Crippen LogP contribution < -0.4 is 9.62 Å². The quantitative estimate of drug-likeness (QED) is 0.190. The molecule has 0 saturated carbocycles. The number of amides is 2. The maximum absolute atomic E-state index is 14.6. The molecule has 0 spiro atoms. The van der Waals surface area contributed by atoms with E-state index in [1.165, 1.54) is 9.21 Å². The Kier molecular flexibility index (Phi) is 11.2. The predicted octanol–water partition coefficient (Wildman–Crippen LogP) is 6.28. The zero-order chi connectivity index (χ0) is 32.6. The summed E-state index contributed by atoms with van der Waals surface area (Å²) in [6.07, 6.45) is 1.02. The van der Waals surface area contributed by atoms with E-state index in [-0.39, 0.29) is 23.8 Å². The zero-order valence-corrected chi connectivity index (χ0v) is 27.6. The average Bonchev–Trinajstić information content (AvgIpc) is 3.02. The molecular weight excluding hydrogens is 582 g/mol. The number of carbonyl (C=O) groups excluding carboxylic acids is 2. The molecule has 0 fully saturated rings. The van der Waals surface area contributed by atoms with Crippen LogP contribution in [0.3, 0.4) is 0 Å². The van der Waals surface area contributed by atoms with E-state index in [4.69, 9.17) is 0 Å². The summed E-state index contributed by atoms with van der Waals surface area (Å²) in [5.74, 6) is -0.751. The number of nitrogens with one attached hydrogen (secondary N) is 1. The van der Waals surface area contributed by atoms with Gasteiger partial charge in [-0.05, 0) is 69.0 Å². The molecule has 45 heavy (non-hydrogen) atoms. The SMILES string of the molecule is CCCNC(=O)[C@H](Cc1ccccc1)N(Cc1ccc(C)cc1)C(=O)CN(c1ccc(C)cc1C)S(=O)(=O)c1ccc(C)cc1. The number of rotatable bonds is 13. The highest BCUT2D eigenvalue weighted by Gasteiger charge is 2.35. The fraction of sp³-hybridized carbons (Fsp3) is 0.297. The Labute approximate surface area is 268 Å². The second-order valence-electron chi connectivity index (χ2n) is 11.6. The lowest BCUT2D eigenvalue weighted by atomic mass is 10.0. The summed E-state index contributed by atoms with van der Waals surface area (Å²) in [4.78, 5) is 29.9. The average molecular weight is 626 g/mol.